The molecule has 0 spiro atoms. The zero-order chi connectivity index (χ0) is 11.2. The van der Waals surface area contributed by atoms with E-state index in [0.717, 1.165) is 19.4 Å². The summed E-state index contributed by atoms with van der Waals surface area (Å²) in [5, 5.41) is 0. The number of nitrogens with two attached hydrogens (primary N) is 1. The van der Waals surface area contributed by atoms with Crippen LogP contribution in [0.25, 0.3) is 0 Å². The van der Waals surface area contributed by atoms with Gasteiger partial charge in [0.1, 0.15) is 5.60 Å². The molecule has 4 nitrogen and oxygen atoms in total. The van der Waals surface area contributed by atoms with Crippen molar-refractivity contribution in [2.75, 3.05) is 6.54 Å². The summed E-state index contributed by atoms with van der Waals surface area (Å²) in [5.74, 6) is 0.488. The first kappa shape index (κ1) is 10.7. The Bertz CT molecular complexity index is 270. The third-order valence-electron chi connectivity index (χ3n) is 3.22. The van der Waals surface area contributed by atoms with Gasteiger partial charge in [-0.25, -0.2) is 4.79 Å². The van der Waals surface area contributed by atoms with Crippen molar-refractivity contribution in [3.05, 3.63) is 0 Å². The molecule has 3 atom stereocenters. The fourth-order valence-corrected chi connectivity index (χ4v) is 2.54. The third-order valence-corrected chi connectivity index (χ3v) is 3.22. The predicted molar refractivity (Wildman–Crippen MR) is 57.4 cm³/mol. The number of rotatable bonds is 0. The normalized spacial score (nSPS) is 34.7. The summed E-state index contributed by atoms with van der Waals surface area (Å²) in [7, 11) is 0. The Morgan fingerprint density at radius 2 is 2.07 bits per heavy atom. The van der Waals surface area contributed by atoms with Crippen molar-refractivity contribution in [2.45, 2.75) is 51.3 Å². The average molecular weight is 212 g/mol. The fraction of sp³-hybridized carbons (Fsp3) is 0.909. The maximum atomic E-state index is 11.8. The molecular weight excluding hydrogens is 192 g/mol. The lowest BCUT2D eigenvalue weighted by molar-refractivity contribution is 0.0183. The Morgan fingerprint density at radius 3 is 2.47 bits per heavy atom. The van der Waals surface area contributed by atoms with Crippen molar-refractivity contribution in [2.24, 2.45) is 11.7 Å². The van der Waals surface area contributed by atoms with Gasteiger partial charge in [-0.2, -0.15) is 0 Å². The van der Waals surface area contributed by atoms with Gasteiger partial charge in [0.25, 0.3) is 0 Å². The molecule has 2 N–H and O–H groups in total. The topological polar surface area (TPSA) is 55.6 Å². The quantitative estimate of drug-likeness (QED) is 0.659. The number of hydrogen-bond acceptors (Lipinski definition) is 3. The highest BCUT2D eigenvalue weighted by molar-refractivity contribution is 5.69. The lowest BCUT2D eigenvalue weighted by atomic mass is 10.0. The standard InChI is InChI=1S/C11H20N2O2/c1-11(2,3)15-10(14)13-6-7-4-8(13)5-9(7)12/h7-9H,4-6,12H2,1-3H3/t7-,8-,9+/m0/s1. The van der Waals surface area contributed by atoms with Gasteiger partial charge in [0.15, 0.2) is 0 Å². The molecule has 15 heavy (non-hydrogen) atoms. The summed E-state index contributed by atoms with van der Waals surface area (Å²) in [4.78, 5) is 13.7. The van der Waals surface area contributed by atoms with E-state index in [0.29, 0.717) is 12.0 Å². The highest BCUT2D eigenvalue weighted by Gasteiger charge is 2.46. The number of piperidine rings is 1. The van der Waals surface area contributed by atoms with E-state index in [-0.39, 0.29) is 12.1 Å². The molecule has 2 fully saturated rings. The summed E-state index contributed by atoms with van der Waals surface area (Å²) < 4.78 is 5.36. The summed E-state index contributed by atoms with van der Waals surface area (Å²) in [6.45, 7) is 6.46. The van der Waals surface area contributed by atoms with Crippen LogP contribution in [0.3, 0.4) is 0 Å². The Morgan fingerprint density at radius 1 is 1.40 bits per heavy atom. The minimum atomic E-state index is -0.402. The van der Waals surface area contributed by atoms with Crippen molar-refractivity contribution < 1.29 is 9.53 Å². The molecule has 1 amide bonds. The van der Waals surface area contributed by atoms with Crippen molar-refractivity contribution in [1.82, 2.24) is 4.90 Å². The van der Waals surface area contributed by atoms with Crippen molar-refractivity contribution in [1.29, 1.82) is 0 Å². The largest absolute Gasteiger partial charge is 0.444 e. The maximum Gasteiger partial charge on any atom is 0.410 e. The van der Waals surface area contributed by atoms with E-state index in [1.807, 2.05) is 25.7 Å². The average Bonchev–Trinajstić information content (AvgIpc) is 2.58. The monoisotopic (exact) mass is 212 g/mol. The molecule has 1 saturated heterocycles. The fourth-order valence-electron chi connectivity index (χ4n) is 2.54. The molecule has 1 heterocycles. The van der Waals surface area contributed by atoms with Crippen LogP contribution in [0.1, 0.15) is 33.6 Å². The molecule has 1 saturated carbocycles. The van der Waals surface area contributed by atoms with Crippen LogP contribution in [0.2, 0.25) is 0 Å². The number of fused-ring (bicyclic) bond motifs is 2. The van der Waals surface area contributed by atoms with E-state index < -0.39 is 5.60 Å². The van der Waals surface area contributed by atoms with Crippen LogP contribution in [-0.2, 0) is 4.74 Å². The van der Waals surface area contributed by atoms with Gasteiger partial charge >= 0.3 is 6.09 Å². The summed E-state index contributed by atoms with van der Waals surface area (Å²) >= 11 is 0. The zero-order valence-corrected chi connectivity index (χ0v) is 9.69. The van der Waals surface area contributed by atoms with E-state index in [2.05, 4.69) is 0 Å². The van der Waals surface area contributed by atoms with Gasteiger partial charge in [-0.1, -0.05) is 0 Å². The Hall–Kier alpha value is -0.770. The van der Waals surface area contributed by atoms with Crippen LogP contribution in [0.15, 0.2) is 0 Å². The van der Waals surface area contributed by atoms with Crippen LogP contribution in [-0.4, -0.2) is 35.2 Å². The molecule has 1 aliphatic carbocycles. The van der Waals surface area contributed by atoms with Crippen LogP contribution < -0.4 is 5.73 Å². The van der Waals surface area contributed by atoms with Gasteiger partial charge in [0.05, 0.1) is 0 Å². The third kappa shape index (κ3) is 2.09. The predicted octanol–water partition coefficient (Wildman–Crippen LogP) is 1.34. The van der Waals surface area contributed by atoms with Crippen LogP contribution in [0, 0.1) is 5.92 Å². The first-order chi connectivity index (χ1) is 6.87. The Kier molecular flexibility index (Phi) is 2.41. The maximum absolute atomic E-state index is 11.8. The molecule has 0 radical (unpaired) electrons. The van der Waals surface area contributed by atoms with E-state index in [9.17, 15) is 4.79 Å². The summed E-state index contributed by atoms with van der Waals surface area (Å²) in [6.07, 6.45) is 1.81. The number of carbonyl (C=O) groups is 1. The van der Waals surface area contributed by atoms with Gasteiger partial charge < -0.3 is 15.4 Å². The van der Waals surface area contributed by atoms with Gasteiger partial charge in [-0.3, -0.25) is 0 Å². The van der Waals surface area contributed by atoms with Gasteiger partial charge in [0, 0.05) is 18.6 Å². The number of hydrogen-bond donors (Lipinski definition) is 1. The molecule has 4 heteroatoms. The Balaban J connectivity index is 1.94. The molecule has 0 aromatic heterocycles. The lowest BCUT2D eigenvalue weighted by Crippen LogP contribution is -2.46. The smallest absolute Gasteiger partial charge is 0.410 e. The van der Waals surface area contributed by atoms with Crippen LogP contribution >= 0.6 is 0 Å². The van der Waals surface area contributed by atoms with Gasteiger partial charge in [-0.15, -0.1) is 0 Å². The van der Waals surface area contributed by atoms with Crippen molar-refractivity contribution in [3.8, 4) is 0 Å². The summed E-state index contributed by atoms with van der Waals surface area (Å²) in [5.41, 5.74) is 5.53. The molecule has 0 unspecified atom stereocenters. The number of amides is 1. The van der Waals surface area contributed by atoms with E-state index in [1.165, 1.54) is 0 Å². The number of likely N-dealkylation sites (tertiary alicyclic amines) is 1. The molecule has 86 valence electrons. The summed E-state index contributed by atoms with van der Waals surface area (Å²) in [6, 6.07) is 0.605. The molecule has 2 aliphatic rings. The molecule has 0 aromatic rings. The van der Waals surface area contributed by atoms with Crippen molar-refractivity contribution in [3.63, 3.8) is 0 Å². The van der Waals surface area contributed by atoms with Gasteiger partial charge in [-0.05, 0) is 39.5 Å². The SMILES string of the molecule is CC(C)(C)OC(=O)N1C[C@@H]2C[C@H]1C[C@H]2N. The second kappa shape index (κ2) is 3.37. The second-order valence-electron chi connectivity index (χ2n) is 5.68. The highest BCUT2D eigenvalue weighted by atomic mass is 16.6. The minimum absolute atomic E-state index is 0.179. The molecule has 2 bridgehead atoms. The number of nitrogens with zero attached hydrogens (tertiary/aromatic N) is 1. The first-order valence-corrected chi connectivity index (χ1v) is 5.62. The van der Waals surface area contributed by atoms with Crippen LogP contribution in [0.5, 0.6) is 0 Å². The van der Waals surface area contributed by atoms with E-state index >= 15 is 0 Å². The second-order valence-corrected chi connectivity index (χ2v) is 5.68. The molecule has 0 aromatic carbocycles. The molecule has 2 rings (SSSR count). The van der Waals surface area contributed by atoms with Crippen molar-refractivity contribution >= 4 is 6.09 Å². The van der Waals surface area contributed by atoms with E-state index in [1.54, 1.807) is 0 Å². The highest BCUT2D eigenvalue weighted by Crippen LogP contribution is 2.37. The van der Waals surface area contributed by atoms with Crippen LogP contribution in [0.4, 0.5) is 4.79 Å². The zero-order valence-electron chi connectivity index (χ0n) is 9.69. The number of ether oxygens (including phenoxy) is 1. The number of carbonyl (C=O) groups excluding carboxylic acids is 1. The Labute approximate surface area is 90.8 Å². The molecule has 1 aliphatic heterocycles. The first-order valence-electron chi connectivity index (χ1n) is 5.62. The molecular formula is C11H20N2O2. The van der Waals surface area contributed by atoms with E-state index in [4.69, 9.17) is 10.5 Å². The minimum Gasteiger partial charge on any atom is -0.444 e. The lowest BCUT2D eigenvalue weighted by Gasteiger charge is -2.31. The van der Waals surface area contributed by atoms with Gasteiger partial charge in [0.2, 0.25) is 0 Å².